The SMILES string of the molecule is CC[C@H](C(=O)NC(C)C)N(CCc1ccccc1)C(=O)CN(c1cccc(Cl)c1Cl)S(=O)(=O)c1ccc(C)cc1. The number of nitrogens with one attached hydrogen (secondary N) is 1. The second-order valence-corrected chi connectivity index (χ2v) is 12.5. The van der Waals surface area contributed by atoms with Crippen LogP contribution in [0.3, 0.4) is 0 Å². The van der Waals surface area contributed by atoms with Crippen molar-refractivity contribution in [2.24, 2.45) is 0 Å². The van der Waals surface area contributed by atoms with Crippen LogP contribution >= 0.6 is 23.2 Å². The highest BCUT2D eigenvalue weighted by Crippen LogP contribution is 2.35. The molecule has 0 heterocycles. The van der Waals surface area contributed by atoms with E-state index in [2.05, 4.69) is 5.32 Å². The second-order valence-electron chi connectivity index (χ2n) is 9.81. The lowest BCUT2D eigenvalue weighted by atomic mass is 10.1. The topological polar surface area (TPSA) is 86.8 Å². The maximum absolute atomic E-state index is 14.0. The molecule has 214 valence electrons. The molecule has 40 heavy (non-hydrogen) atoms. The number of hydrogen-bond acceptors (Lipinski definition) is 4. The summed E-state index contributed by atoms with van der Waals surface area (Å²) in [6.45, 7) is 7.01. The van der Waals surface area contributed by atoms with Gasteiger partial charge in [0.1, 0.15) is 12.6 Å². The molecule has 0 fully saturated rings. The lowest BCUT2D eigenvalue weighted by Gasteiger charge is -2.33. The standard InChI is InChI=1S/C30H35Cl2N3O4S/c1-5-26(30(37)33-21(2)3)34(19-18-23-10-7-6-8-11-23)28(36)20-35(27-13-9-12-25(31)29(27)32)40(38,39)24-16-14-22(4)15-17-24/h6-17,21,26H,5,18-20H2,1-4H3,(H,33,37)/t26-/m1/s1. The van der Waals surface area contributed by atoms with Gasteiger partial charge in [0.2, 0.25) is 11.8 Å². The monoisotopic (exact) mass is 603 g/mol. The molecule has 0 aromatic heterocycles. The molecule has 0 saturated heterocycles. The van der Waals surface area contributed by atoms with Crippen LogP contribution in [0.25, 0.3) is 0 Å². The highest BCUT2D eigenvalue weighted by atomic mass is 35.5. The Morgan fingerprint density at radius 3 is 2.17 bits per heavy atom. The first-order chi connectivity index (χ1) is 18.9. The van der Waals surface area contributed by atoms with Crippen molar-refractivity contribution in [1.82, 2.24) is 10.2 Å². The smallest absolute Gasteiger partial charge is 0.264 e. The summed E-state index contributed by atoms with van der Waals surface area (Å²) in [5, 5.41) is 3.05. The Balaban J connectivity index is 2.05. The molecule has 1 atom stereocenters. The van der Waals surface area contributed by atoms with E-state index in [1.54, 1.807) is 24.3 Å². The van der Waals surface area contributed by atoms with Crippen LogP contribution in [0.4, 0.5) is 5.69 Å². The molecule has 2 amide bonds. The van der Waals surface area contributed by atoms with Crippen molar-refractivity contribution in [2.75, 3.05) is 17.4 Å². The predicted octanol–water partition coefficient (Wildman–Crippen LogP) is 5.87. The molecule has 1 N–H and O–H groups in total. The molecular formula is C30H35Cl2N3O4S. The molecule has 0 aliphatic rings. The Kier molecular flexibility index (Phi) is 11.0. The van der Waals surface area contributed by atoms with Crippen molar-refractivity contribution < 1.29 is 18.0 Å². The average Bonchev–Trinajstić information content (AvgIpc) is 2.91. The van der Waals surface area contributed by atoms with E-state index in [4.69, 9.17) is 23.2 Å². The number of halogens is 2. The first-order valence-corrected chi connectivity index (χ1v) is 15.3. The van der Waals surface area contributed by atoms with Gasteiger partial charge in [0.25, 0.3) is 10.0 Å². The number of amides is 2. The van der Waals surface area contributed by atoms with Crippen LogP contribution in [0.15, 0.2) is 77.7 Å². The molecule has 10 heteroatoms. The highest BCUT2D eigenvalue weighted by molar-refractivity contribution is 7.92. The summed E-state index contributed by atoms with van der Waals surface area (Å²) in [6.07, 6.45) is 0.836. The van der Waals surface area contributed by atoms with Crippen LogP contribution < -0.4 is 9.62 Å². The lowest BCUT2D eigenvalue weighted by molar-refractivity contribution is -0.139. The first-order valence-electron chi connectivity index (χ1n) is 13.1. The van der Waals surface area contributed by atoms with Gasteiger partial charge in [-0.05, 0) is 63.4 Å². The van der Waals surface area contributed by atoms with Crippen LogP contribution in [0.1, 0.15) is 38.3 Å². The summed E-state index contributed by atoms with van der Waals surface area (Å²) in [6, 6.07) is 19.6. The minimum atomic E-state index is -4.24. The van der Waals surface area contributed by atoms with Crippen LogP contribution in [-0.2, 0) is 26.0 Å². The summed E-state index contributed by atoms with van der Waals surface area (Å²) in [5.41, 5.74) is 1.95. The third-order valence-corrected chi connectivity index (χ3v) is 8.97. The quantitative estimate of drug-likeness (QED) is 0.280. The largest absolute Gasteiger partial charge is 0.352 e. The molecule has 0 bridgehead atoms. The lowest BCUT2D eigenvalue weighted by Crippen LogP contribution is -2.54. The van der Waals surface area contributed by atoms with Crippen LogP contribution in [0.2, 0.25) is 10.0 Å². The van der Waals surface area contributed by atoms with E-state index in [1.165, 1.54) is 23.1 Å². The van der Waals surface area contributed by atoms with Gasteiger partial charge in [0.05, 0.1) is 20.6 Å². The minimum absolute atomic E-state index is 0.00219. The van der Waals surface area contributed by atoms with Crippen LogP contribution in [-0.4, -0.2) is 50.3 Å². The molecule has 0 aliphatic carbocycles. The zero-order valence-electron chi connectivity index (χ0n) is 23.1. The van der Waals surface area contributed by atoms with Crippen molar-refractivity contribution in [3.05, 3.63) is 94.0 Å². The molecule has 3 rings (SSSR count). The van der Waals surface area contributed by atoms with Gasteiger partial charge in [-0.25, -0.2) is 8.42 Å². The summed E-state index contributed by atoms with van der Waals surface area (Å²) in [4.78, 5) is 28.7. The Morgan fingerprint density at radius 1 is 0.925 bits per heavy atom. The number of anilines is 1. The Labute approximate surface area is 247 Å². The van der Waals surface area contributed by atoms with E-state index in [0.717, 1.165) is 15.4 Å². The summed E-state index contributed by atoms with van der Waals surface area (Å²) < 4.78 is 28.8. The molecule has 3 aromatic carbocycles. The Bertz CT molecular complexity index is 1410. The maximum atomic E-state index is 14.0. The van der Waals surface area contributed by atoms with Gasteiger partial charge in [-0.1, -0.05) is 84.2 Å². The van der Waals surface area contributed by atoms with Crippen molar-refractivity contribution in [3.8, 4) is 0 Å². The molecule has 0 aliphatic heterocycles. The second kappa shape index (κ2) is 14.0. The molecule has 0 unspecified atom stereocenters. The Morgan fingerprint density at radius 2 is 1.57 bits per heavy atom. The zero-order valence-corrected chi connectivity index (χ0v) is 25.4. The highest BCUT2D eigenvalue weighted by Gasteiger charge is 2.34. The molecule has 0 saturated carbocycles. The fourth-order valence-corrected chi connectivity index (χ4v) is 6.19. The van der Waals surface area contributed by atoms with E-state index in [0.29, 0.717) is 12.8 Å². The van der Waals surface area contributed by atoms with E-state index < -0.39 is 28.5 Å². The number of nitrogens with zero attached hydrogens (tertiary/aromatic N) is 2. The fraction of sp³-hybridized carbons (Fsp3) is 0.333. The van der Waals surface area contributed by atoms with Crippen molar-refractivity contribution in [3.63, 3.8) is 0 Å². The number of carbonyl (C=O) groups excluding carboxylic acids is 2. The molecule has 3 aromatic rings. The summed E-state index contributed by atoms with van der Waals surface area (Å²) >= 11 is 12.7. The minimum Gasteiger partial charge on any atom is -0.352 e. The summed E-state index contributed by atoms with van der Waals surface area (Å²) in [5.74, 6) is -0.832. The molecule has 0 radical (unpaired) electrons. The van der Waals surface area contributed by atoms with Gasteiger partial charge in [-0.2, -0.15) is 0 Å². The van der Waals surface area contributed by atoms with Gasteiger partial charge < -0.3 is 10.2 Å². The van der Waals surface area contributed by atoms with E-state index in [1.807, 2.05) is 58.0 Å². The third kappa shape index (κ3) is 7.77. The number of rotatable bonds is 12. The van der Waals surface area contributed by atoms with Gasteiger partial charge in [0, 0.05) is 12.6 Å². The van der Waals surface area contributed by atoms with Crippen molar-refractivity contribution in [1.29, 1.82) is 0 Å². The normalized spacial score (nSPS) is 12.2. The molecule has 7 nitrogen and oxygen atoms in total. The van der Waals surface area contributed by atoms with Crippen molar-refractivity contribution >= 4 is 50.7 Å². The molecular weight excluding hydrogens is 569 g/mol. The number of aryl methyl sites for hydroxylation is 1. The maximum Gasteiger partial charge on any atom is 0.264 e. The fourth-order valence-electron chi connectivity index (χ4n) is 4.31. The van der Waals surface area contributed by atoms with E-state index >= 15 is 0 Å². The van der Waals surface area contributed by atoms with Gasteiger partial charge in [0.15, 0.2) is 0 Å². The van der Waals surface area contributed by atoms with E-state index in [-0.39, 0.29) is 39.1 Å². The number of hydrogen-bond donors (Lipinski definition) is 1. The van der Waals surface area contributed by atoms with E-state index in [9.17, 15) is 18.0 Å². The Hall–Kier alpha value is -3.07. The summed E-state index contributed by atoms with van der Waals surface area (Å²) in [7, 11) is -4.24. The van der Waals surface area contributed by atoms with Crippen LogP contribution in [0.5, 0.6) is 0 Å². The van der Waals surface area contributed by atoms with Crippen LogP contribution in [0, 0.1) is 6.92 Å². The number of benzene rings is 3. The average molecular weight is 605 g/mol. The van der Waals surface area contributed by atoms with Gasteiger partial charge in [-0.3, -0.25) is 13.9 Å². The third-order valence-electron chi connectivity index (χ3n) is 6.39. The predicted molar refractivity (Wildman–Crippen MR) is 161 cm³/mol. The molecule has 0 spiro atoms. The van der Waals surface area contributed by atoms with Gasteiger partial charge >= 0.3 is 0 Å². The zero-order chi connectivity index (χ0) is 29.4. The number of sulfonamides is 1. The number of carbonyl (C=O) groups is 2. The first kappa shape index (κ1) is 31.5. The van der Waals surface area contributed by atoms with Crippen molar-refractivity contribution in [2.45, 2.75) is 57.5 Å². The van der Waals surface area contributed by atoms with Gasteiger partial charge in [-0.15, -0.1) is 0 Å².